The number of rotatable bonds is 6. The second kappa shape index (κ2) is 9.45. The Labute approximate surface area is 205 Å². The number of benzene rings is 1. The van der Waals surface area contributed by atoms with Crippen LogP contribution in [0, 0.1) is 11.6 Å². The number of pyridine rings is 1. The smallest absolute Gasteiger partial charge is 0.251 e. The third-order valence-electron chi connectivity index (χ3n) is 6.27. The van der Waals surface area contributed by atoms with Gasteiger partial charge in [0.2, 0.25) is 5.95 Å². The number of halogens is 4. The lowest BCUT2D eigenvalue weighted by molar-refractivity contribution is 0.0817. The molecule has 36 heavy (non-hydrogen) atoms. The summed E-state index contributed by atoms with van der Waals surface area (Å²) in [5, 5.41) is 7.85. The van der Waals surface area contributed by atoms with Crippen molar-refractivity contribution in [3.63, 3.8) is 0 Å². The van der Waals surface area contributed by atoms with Crippen LogP contribution in [-0.2, 0) is 20.0 Å². The van der Waals surface area contributed by atoms with Crippen molar-refractivity contribution < 1.29 is 17.6 Å². The molecule has 0 spiro atoms. The molecule has 4 heterocycles. The van der Waals surface area contributed by atoms with Crippen LogP contribution in [0.5, 0.6) is 0 Å². The number of aromatic nitrogens is 5. The monoisotopic (exact) mass is 499 g/mol. The molecular weight excluding hydrogens is 474 g/mol. The van der Waals surface area contributed by atoms with Gasteiger partial charge in [-0.05, 0) is 29.7 Å². The van der Waals surface area contributed by atoms with Gasteiger partial charge in [-0.15, -0.1) is 0 Å². The summed E-state index contributed by atoms with van der Waals surface area (Å²) in [6.45, 7) is 4.60. The first-order chi connectivity index (χ1) is 17.2. The van der Waals surface area contributed by atoms with Crippen LogP contribution in [0.15, 0.2) is 30.5 Å². The first kappa shape index (κ1) is 24.1. The van der Waals surface area contributed by atoms with E-state index in [1.54, 1.807) is 28.8 Å². The first-order valence-electron chi connectivity index (χ1n) is 11.6. The second-order valence-corrected chi connectivity index (χ2v) is 9.21. The number of aryl methyl sites for hydroxylation is 1. The van der Waals surface area contributed by atoms with Gasteiger partial charge in [0.05, 0.1) is 12.7 Å². The standard InChI is InChI=1S/C25H25F4N7/c1-13(2)24-16-8-15(9-17(26)23(16)34-35(24)3)22-18(27)10-30-25(33-22)32-21-5-4-14-11-36(12-20(28)29)7-6-19(14)31-21/h4-5,8-10,13,20H,6-7,11-12H2,1-3H3,(H,30,31,32,33). The summed E-state index contributed by atoms with van der Waals surface area (Å²) in [5.41, 5.74) is 2.97. The highest BCUT2D eigenvalue weighted by atomic mass is 19.3. The summed E-state index contributed by atoms with van der Waals surface area (Å²) >= 11 is 0. The highest BCUT2D eigenvalue weighted by molar-refractivity contribution is 5.87. The van der Waals surface area contributed by atoms with Crippen LogP contribution < -0.4 is 5.32 Å². The zero-order valence-electron chi connectivity index (χ0n) is 20.1. The lowest BCUT2D eigenvalue weighted by atomic mass is 10.0. The predicted octanol–water partition coefficient (Wildman–Crippen LogP) is 5.19. The van der Waals surface area contributed by atoms with E-state index in [0.717, 1.165) is 23.1 Å². The van der Waals surface area contributed by atoms with Crippen LogP contribution in [0.4, 0.5) is 29.3 Å². The molecule has 0 saturated carbocycles. The molecule has 0 amide bonds. The summed E-state index contributed by atoms with van der Waals surface area (Å²) in [4.78, 5) is 14.6. The molecule has 4 aromatic rings. The molecule has 0 fully saturated rings. The van der Waals surface area contributed by atoms with Crippen LogP contribution in [0.25, 0.3) is 22.2 Å². The lowest BCUT2D eigenvalue weighted by Crippen LogP contribution is -2.34. The van der Waals surface area contributed by atoms with E-state index in [0.29, 0.717) is 30.7 Å². The molecule has 0 atom stereocenters. The molecule has 7 nitrogen and oxygen atoms in total. The van der Waals surface area contributed by atoms with Crippen molar-refractivity contribution in [3.05, 3.63) is 59.0 Å². The topological polar surface area (TPSA) is 71.8 Å². The Kier molecular flexibility index (Phi) is 6.33. The molecule has 1 aliphatic rings. The normalized spacial score (nSPS) is 14.1. The fourth-order valence-electron chi connectivity index (χ4n) is 4.74. The number of fused-ring (bicyclic) bond motifs is 2. The van der Waals surface area contributed by atoms with Gasteiger partial charge in [-0.3, -0.25) is 9.58 Å². The number of hydrogen-bond acceptors (Lipinski definition) is 6. The number of nitrogens with zero attached hydrogens (tertiary/aromatic N) is 6. The van der Waals surface area contributed by atoms with E-state index >= 15 is 0 Å². The van der Waals surface area contributed by atoms with Gasteiger partial charge in [-0.25, -0.2) is 32.5 Å². The van der Waals surface area contributed by atoms with E-state index in [1.165, 1.54) is 6.07 Å². The molecule has 0 saturated heterocycles. The Morgan fingerprint density at radius 2 is 1.89 bits per heavy atom. The van der Waals surface area contributed by atoms with E-state index in [4.69, 9.17) is 0 Å². The molecule has 0 unspecified atom stereocenters. The van der Waals surface area contributed by atoms with E-state index in [9.17, 15) is 17.6 Å². The molecule has 0 radical (unpaired) electrons. The van der Waals surface area contributed by atoms with Gasteiger partial charge in [0, 0.05) is 48.9 Å². The van der Waals surface area contributed by atoms with Crippen molar-refractivity contribution in [1.82, 2.24) is 29.6 Å². The van der Waals surface area contributed by atoms with Crippen molar-refractivity contribution in [2.45, 2.75) is 39.2 Å². The Morgan fingerprint density at radius 3 is 2.64 bits per heavy atom. The molecule has 1 aromatic carbocycles. The van der Waals surface area contributed by atoms with Crippen LogP contribution in [0.2, 0.25) is 0 Å². The van der Waals surface area contributed by atoms with Crippen molar-refractivity contribution in [3.8, 4) is 11.3 Å². The first-order valence-corrected chi connectivity index (χ1v) is 11.6. The molecule has 3 aromatic heterocycles. The SMILES string of the molecule is CC(C)c1c2cc(-c3nc(Nc4ccc5c(n4)CCN(CC(F)F)C5)ncc3F)cc(F)c2nn1C. The minimum absolute atomic E-state index is 0.0486. The molecule has 0 bridgehead atoms. The highest BCUT2D eigenvalue weighted by Gasteiger charge is 2.22. The Bertz CT molecular complexity index is 1430. The van der Waals surface area contributed by atoms with Crippen molar-refractivity contribution in [2.75, 3.05) is 18.4 Å². The Morgan fingerprint density at radius 1 is 1.08 bits per heavy atom. The van der Waals surface area contributed by atoms with Gasteiger partial charge >= 0.3 is 0 Å². The highest BCUT2D eigenvalue weighted by Crippen LogP contribution is 2.32. The zero-order valence-corrected chi connectivity index (χ0v) is 20.1. The average molecular weight is 500 g/mol. The largest absolute Gasteiger partial charge is 0.309 e. The van der Waals surface area contributed by atoms with E-state index in [2.05, 4.69) is 25.4 Å². The quantitative estimate of drug-likeness (QED) is 0.368. The molecule has 1 N–H and O–H groups in total. The van der Waals surface area contributed by atoms with E-state index in [1.807, 2.05) is 19.9 Å². The molecule has 188 valence electrons. The Hall–Kier alpha value is -3.60. The van der Waals surface area contributed by atoms with Crippen LogP contribution >= 0.6 is 0 Å². The van der Waals surface area contributed by atoms with Crippen molar-refractivity contribution in [2.24, 2.45) is 7.05 Å². The van der Waals surface area contributed by atoms with Crippen LogP contribution in [0.3, 0.4) is 0 Å². The van der Waals surface area contributed by atoms with Crippen LogP contribution in [-0.4, -0.2) is 49.1 Å². The maximum atomic E-state index is 14.9. The number of hydrogen-bond donors (Lipinski definition) is 1. The maximum Gasteiger partial charge on any atom is 0.251 e. The fourth-order valence-corrected chi connectivity index (χ4v) is 4.74. The van der Waals surface area contributed by atoms with E-state index < -0.39 is 18.1 Å². The summed E-state index contributed by atoms with van der Waals surface area (Å²) in [5.74, 6) is -0.615. The van der Waals surface area contributed by atoms with Crippen molar-refractivity contribution in [1.29, 1.82) is 0 Å². The Balaban J connectivity index is 1.44. The minimum Gasteiger partial charge on any atom is -0.309 e. The molecule has 0 aliphatic carbocycles. The summed E-state index contributed by atoms with van der Waals surface area (Å²) in [6.07, 6.45) is -0.815. The van der Waals surface area contributed by atoms with E-state index in [-0.39, 0.29) is 35.2 Å². The predicted molar refractivity (Wildman–Crippen MR) is 128 cm³/mol. The van der Waals surface area contributed by atoms with Gasteiger partial charge in [-0.1, -0.05) is 19.9 Å². The number of nitrogens with one attached hydrogen (secondary N) is 1. The zero-order chi connectivity index (χ0) is 25.6. The van der Waals surface area contributed by atoms with Crippen LogP contribution in [0.1, 0.15) is 36.7 Å². The third-order valence-corrected chi connectivity index (χ3v) is 6.27. The fraction of sp³-hybridized carbons (Fsp3) is 0.360. The van der Waals surface area contributed by atoms with Gasteiger partial charge in [0.15, 0.2) is 11.6 Å². The van der Waals surface area contributed by atoms with Gasteiger partial charge in [0.1, 0.15) is 17.0 Å². The van der Waals surface area contributed by atoms with Gasteiger partial charge < -0.3 is 5.32 Å². The number of alkyl halides is 2. The van der Waals surface area contributed by atoms with Gasteiger partial charge in [0.25, 0.3) is 6.43 Å². The summed E-state index contributed by atoms with van der Waals surface area (Å²) < 4.78 is 56.7. The lowest BCUT2D eigenvalue weighted by Gasteiger charge is -2.27. The molecular formula is C25H25F4N7. The van der Waals surface area contributed by atoms with Crippen molar-refractivity contribution >= 4 is 22.7 Å². The second-order valence-electron chi connectivity index (χ2n) is 9.21. The average Bonchev–Trinajstić information content (AvgIpc) is 3.16. The molecule has 11 heteroatoms. The summed E-state index contributed by atoms with van der Waals surface area (Å²) in [6, 6.07) is 6.44. The molecule has 1 aliphatic heterocycles. The minimum atomic E-state index is -2.38. The number of anilines is 2. The third kappa shape index (κ3) is 4.62. The van der Waals surface area contributed by atoms with Gasteiger partial charge in [-0.2, -0.15) is 5.10 Å². The molecule has 5 rings (SSSR count). The maximum absolute atomic E-state index is 14.9. The summed E-state index contributed by atoms with van der Waals surface area (Å²) in [7, 11) is 1.75.